The van der Waals surface area contributed by atoms with Gasteiger partial charge < -0.3 is 15.0 Å². The average molecular weight is 470 g/mol. The van der Waals surface area contributed by atoms with Gasteiger partial charge in [0.15, 0.2) is 6.61 Å². The lowest BCUT2D eigenvalue weighted by Gasteiger charge is -2.18. The Hall–Kier alpha value is -3.17. The van der Waals surface area contributed by atoms with E-state index in [9.17, 15) is 18.0 Å². The van der Waals surface area contributed by atoms with Crippen molar-refractivity contribution in [1.29, 1.82) is 0 Å². The maximum absolute atomic E-state index is 12.5. The molecule has 2 aromatic carbocycles. The first kappa shape index (κ1) is 23.0. The van der Waals surface area contributed by atoms with Gasteiger partial charge in [0.25, 0.3) is 5.91 Å². The summed E-state index contributed by atoms with van der Waals surface area (Å²) >= 11 is 0. The van der Waals surface area contributed by atoms with Crippen molar-refractivity contribution in [1.82, 2.24) is 10.3 Å². The molecule has 1 amide bonds. The molecular formula is C24H27N3O5S. The summed E-state index contributed by atoms with van der Waals surface area (Å²) in [4.78, 5) is 28.0. The summed E-state index contributed by atoms with van der Waals surface area (Å²) in [6.45, 7) is 2.19. The number of esters is 1. The molecule has 4 N–H and O–H groups in total. The maximum Gasteiger partial charge on any atom is 0.338 e. The molecule has 0 aliphatic heterocycles. The van der Waals surface area contributed by atoms with Crippen LogP contribution in [0.3, 0.4) is 0 Å². The van der Waals surface area contributed by atoms with Crippen LogP contribution in [0.4, 0.5) is 0 Å². The van der Waals surface area contributed by atoms with Crippen molar-refractivity contribution in [2.45, 2.75) is 37.5 Å². The second kappa shape index (κ2) is 9.36. The summed E-state index contributed by atoms with van der Waals surface area (Å²) in [7, 11) is -3.73. The van der Waals surface area contributed by atoms with Crippen LogP contribution in [0.25, 0.3) is 10.9 Å². The van der Waals surface area contributed by atoms with Crippen LogP contribution in [0.1, 0.15) is 40.5 Å². The number of sulfonamides is 1. The van der Waals surface area contributed by atoms with Crippen molar-refractivity contribution in [2.75, 3.05) is 13.2 Å². The van der Waals surface area contributed by atoms with Gasteiger partial charge >= 0.3 is 5.97 Å². The van der Waals surface area contributed by atoms with E-state index in [0.717, 1.165) is 35.7 Å². The first-order valence-electron chi connectivity index (χ1n) is 10.9. The van der Waals surface area contributed by atoms with E-state index in [1.165, 1.54) is 23.4 Å². The molecule has 0 spiro atoms. The molecule has 1 atom stereocenters. The normalized spacial score (nSPS) is 15.8. The molecule has 4 rings (SSSR count). The standard InChI is InChI=1S/C24H27N3O5S/c1-15-2-8-21-19(12-15)20-13-17(5-9-22(20)27-21)24(29)32-14-23(28)26-11-10-16-3-6-18(7-4-16)33(25,30)31/h3-7,9,13,15,27H,2,8,10-12,14H2,1H3,(H,26,28)(H2,25,30,31)/t15-/m1/s1. The molecule has 0 radical (unpaired) electrons. The Kier molecular flexibility index (Phi) is 6.53. The van der Waals surface area contributed by atoms with E-state index in [0.29, 0.717) is 24.4 Å². The van der Waals surface area contributed by atoms with Crippen molar-refractivity contribution in [3.8, 4) is 0 Å². The molecule has 9 heteroatoms. The predicted molar refractivity (Wildman–Crippen MR) is 124 cm³/mol. The molecule has 0 saturated carbocycles. The molecule has 1 aliphatic rings. The lowest BCUT2D eigenvalue weighted by atomic mass is 9.87. The van der Waals surface area contributed by atoms with E-state index in [2.05, 4.69) is 17.2 Å². The zero-order chi connectivity index (χ0) is 23.6. The lowest BCUT2D eigenvalue weighted by molar-refractivity contribution is -0.124. The number of ether oxygens (including phenoxy) is 1. The third-order valence-corrected chi connectivity index (χ3v) is 6.92. The van der Waals surface area contributed by atoms with Crippen molar-refractivity contribution in [3.63, 3.8) is 0 Å². The van der Waals surface area contributed by atoms with Crippen LogP contribution in [-0.2, 0) is 38.8 Å². The summed E-state index contributed by atoms with van der Waals surface area (Å²) in [5.74, 6) is -0.328. The number of hydrogen-bond donors (Lipinski definition) is 3. The molecule has 33 heavy (non-hydrogen) atoms. The number of carbonyl (C=O) groups excluding carboxylic acids is 2. The second-order valence-electron chi connectivity index (χ2n) is 8.56. The van der Waals surface area contributed by atoms with Gasteiger partial charge in [-0.05, 0) is 73.1 Å². The van der Waals surface area contributed by atoms with Crippen LogP contribution < -0.4 is 10.5 Å². The number of aromatic nitrogens is 1. The number of aryl methyl sites for hydroxylation is 1. The Morgan fingerprint density at radius 2 is 1.94 bits per heavy atom. The molecule has 1 aliphatic carbocycles. The second-order valence-corrected chi connectivity index (χ2v) is 10.1. The number of nitrogens with two attached hydrogens (primary N) is 1. The van der Waals surface area contributed by atoms with Gasteiger partial charge in [-0.15, -0.1) is 0 Å². The third kappa shape index (κ3) is 5.43. The number of aromatic amines is 1. The van der Waals surface area contributed by atoms with Gasteiger partial charge in [-0.3, -0.25) is 4.79 Å². The fourth-order valence-electron chi connectivity index (χ4n) is 4.18. The minimum Gasteiger partial charge on any atom is -0.452 e. The minimum atomic E-state index is -3.73. The van der Waals surface area contributed by atoms with Gasteiger partial charge in [0.1, 0.15) is 0 Å². The maximum atomic E-state index is 12.5. The smallest absolute Gasteiger partial charge is 0.338 e. The number of primary sulfonamides is 1. The molecule has 0 unspecified atom stereocenters. The zero-order valence-corrected chi connectivity index (χ0v) is 19.2. The van der Waals surface area contributed by atoms with Crippen LogP contribution >= 0.6 is 0 Å². The first-order chi connectivity index (χ1) is 15.7. The van der Waals surface area contributed by atoms with Gasteiger partial charge in [0, 0.05) is 23.1 Å². The van der Waals surface area contributed by atoms with E-state index < -0.39 is 21.9 Å². The third-order valence-electron chi connectivity index (χ3n) is 5.99. The Morgan fingerprint density at radius 3 is 2.67 bits per heavy atom. The van der Waals surface area contributed by atoms with Crippen molar-refractivity contribution >= 4 is 32.8 Å². The number of H-pyrrole nitrogens is 1. The first-order valence-corrected chi connectivity index (χ1v) is 12.4. The molecule has 1 heterocycles. The fraction of sp³-hybridized carbons (Fsp3) is 0.333. The van der Waals surface area contributed by atoms with E-state index in [1.807, 2.05) is 12.1 Å². The molecule has 1 aromatic heterocycles. The highest BCUT2D eigenvalue weighted by atomic mass is 32.2. The van der Waals surface area contributed by atoms with Gasteiger partial charge in [-0.2, -0.15) is 0 Å². The summed E-state index contributed by atoms with van der Waals surface area (Å²) < 4.78 is 27.8. The average Bonchev–Trinajstić information content (AvgIpc) is 3.14. The monoisotopic (exact) mass is 469 g/mol. The van der Waals surface area contributed by atoms with E-state index >= 15 is 0 Å². The van der Waals surface area contributed by atoms with Gasteiger partial charge in [-0.25, -0.2) is 18.4 Å². The van der Waals surface area contributed by atoms with Crippen molar-refractivity contribution in [2.24, 2.45) is 11.1 Å². The van der Waals surface area contributed by atoms with E-state index in [4.69, 9.17) is 9.88 Å². The Morgan fingerprint density at radius 1 is 1.18 bits per heavy atom. The molecule has 0 fully saturated rings. The highest BCUT2D eigenvalue weighted by Crippen LogP contribution is 2.32. The molecule has 174 valence electrons. The fourth-order valence-corrected chi connectivity index (χ4v) is 4.69. The lowest BCUT2D eigenvalue weighted by Crippen LogP contribution is -2.30. The Labute approximate surface area is 192 Å². The Bertz CT molecular complexity index is 1300. The van der Waals surface area contributed by atoms with Crippen LogP contribution in [0.15, 0.2) is 47.4 Å². The zero-order valence-electron chi connectivity index (χ0n) is 18.4. The van der Waals surface area contributed by atoms with Crippen LogP contribution in [0, 0.1) is 5.92 Å². The number of carbonyl (C=O) groups is 2. The molecular weight excluding hydrogens is 442 g/mol. The molecule has 3 aromatic rings. The van der Waals surface area contributed by atoms with Gasteiger partial charge in [0.05, 0.1) is 10.5 Å². The van der Waals surface area contributed by atoms with Gasteiger partial charge in [0.2, 0.25) is 10.0 Å². The Balaban J connectivity index is 1.28. The minimum absolute atomic E-state index is 0.0371. The number of amides is 1. The topological polar surface area (TPSA) is 131 Å². The predicted octanol–water partition coefficient (Wildman–Crippen LogP) is 2.46. The van der Waals surface area contributed by atoms with Crippen LogP contribution in [0.2, 0.25) is 0 Å². The largest absolute Gasteiger partial charge is 0.452 e. The highest BCUT2D eigenvalue weighted by molar-refractivity contribution is 7.89. The molecule has 0 bridgehead atoms. The van der Waals surface area contributed by atoms with Crippen molar-refractivity contribution in [3.05, 3.63) is 64.8 Å². The van der Waals surface area contributed by atoms with Gasteiger partial charge in [-0.1, -0.05) is 19.1 Å². The quantitative estimate of drug-likeness (QED) is 0.458. The summed E-state index contributed by atoms with van der Waals surface area (Å²) in [6.07, 6.45) is 3.66. The molecule has 0 saturated heterocycles. The summed E-state index contributed by atoms with van der Waals surface area (Å²) in [5.41, 5.74) is 4.79. The van der Waals surface area contributed by atoms with E-state index in [1.54, 1.807) is 18.2 Å². The van der Waals surface area contributed by atoms with Crippen LogP contribution in [0.5, 0.6) is 0 Å². The molecule has 8 nitrogen and oxygen atoms in total. The highest BCUT2D eigenvalue weighted by Gasteiger charge is 2.21. The number of hydrogen-bond acceptors (Lipinski definition) is 5. The summed E-state index contributed by atoms with van der Waals surface area (Å²) in [6, 6.07) is 11.6. The number of benzene rings is 2. The number of nitrogens with one attached hydrogen (secondary N) is 2. The summed E-state index contributed by atoms with van der Waals surface area (Å²) in [5, 5.41) is 8.81. The SMILES string of the molecule is C[C@@H]1CCc2[nH]c3ccc(C(=O)OCC(=O)NCCc4ccc(S(N)(=O)=O)cc4)cc3c2C1. The van der Waals surface area contributed by atoms with E-state index in [-0.39, 0.29) is 11.5 Å². The van der Waals surface area contributed by atoms with Crippen molar-refractivity contribution < 1.29 is 22.7 Å². The number of fused-ring (bicyclic) bond motifs is 3. The van der Waals surface area contributed by atoms with Crippen LogP contribution in [-0.4, -0.2) is 38.4 Å². The number of rotatable bonds is 7.